The van der Waals surface area contributed by atoms with E-state index in [-0.39, 0.29) is 12.4 Å². The number of carbonyl (C=O) groups excluding carboxylic acids is 2. The molecular formula is C22H20ClNO4. The summed E-state index contributed by atoms with van der Waals surface area (Å²) < 4.78 is 10.4. The number of Topliss-reactive ketones (excluding diaryl/α,β-unsaturated/α-hetero) is 1. The normalized spacial score (nSPS) is 10.7. The first-order valence-electron chi connectivity index (χ1n) is 8.88. The monoisotopic (exact) mass is 397 g/mol. The van der Waals surface area contributed by atoms with Crippen LogP contribution in [-0.2, 0) is 11.2 Å². The average molecular weight is 398 g/mol. The van der Waals surface area contributed by atoms with Crippen LogP contribution in [0.5, 0.6) is 5.75 Å². The van der Waals surface area contributed by atoms with Crippen LogP contribution in [0.3, 0.4) is 0 Å². The first-order chi connectivity index (χ1) is 13.5. The Balaban J connectivity index is 1.84. The number of carbonyl (C=O) groups is 2. The van der Waals surface area contributed by atoms with Gasteiger partial charge in [-0.05, 0) is 43.2 Å². The van der Waals surface area contributed by atoms with Crippen molar-refractivity contribution in [3.8, 4) is 5.75 Å². The maximum Gasteiger partial charge on any atom is 0.339 e. The Hall–Kier alpha value is -2.92. The summed E-state index contributed by atoms with van der Waals surface area (Å²) in [7, 11) is 1.50. The maximum absolute atomic E-state index is 12.8. The molecule has 1 aromatic heterocycles. The fraction of sp³-hybridized carbons (Fsp3) is 0.227. The van der Waals surface area contributed by atoms with Crippen molar-refractivity contribution in [1.82, 2.24) is 4.98 Å². The van der Waals surface area contributed by atoms with Crippen molar-refractivity contribution >= 4 is 34.3 Å². The van der Waals surface area contributed by atoms with Gasteiger partial charge in [0.1, 0.15) is 5.75 Å². The van der Waals surface area contributed by atoms with Crippen LogP contribution >= 0.6 is 11.6 Å². The van der Waals surface area contributed by atoms with Crippen LogP contribution in [-0.4, -0.2) is 30.5 Å². The van der Waals surface area contributed by atoms with Gasteiger partial charge in [-0.3, -0.25) is 9.78 Å². The molecular weight excluding hydrogens is 378 g/mol. The molecule has 0 aliphatic carbocycles. The van der Waals surface area contributed by atoms with Crippen molar-refractivity contribution in [2.24, 2.45) is 0 Å². The third kappa shape index (κ3) is 3.85. The van der Waals surface area contributed by atoms with Crippen LogP contribution in [0.4, 0.5) is 0 Å². The minimum absolute atomic E-state index is 0.322. The number of ketones is 1. The highest BCUT2D eigenvalue weighted by Gasteiger charge is 2.20. The van der Waals surface area contributed by atoms with Gasteiger partial charge in [0, 0.05) is 16.6 Å². The van der Waals surface area contributed by atoms with E-state index in [1.165, 1.54) is 13.2 Å². The number of hydrogen-bond donors (Lipinski definition) is 0. The Morgan fingerprint density at radius 1 is 1.14 bits per heavy atom. The Kier molecular flexibility index (Phi) is 5.95. The molecule has 0 N–H and O–H groups in total. The fourth-order valence-corrected chi connectivity index (χ4v) is 3.35. The highest BCUT2D eigenvalue weighted by atomic mass is 35.5. The minimum atomic E-state index is -0.543. The topological polar surface area (TPSA) is 65.5 Å². The van der Waals surface area contributed by atoms with Crippen molar-refractivity contribution in [1.29, 1.82) is 0 Å². The van der Waals surface area contributed by atoms with Gasteiger partial charge in [0.15, 0.2) is 12.4 Å². The third-order valence-electron chi connectivity index (χ3n) is 4.58. The quantitative estimate of drug-likeness (QED) is 0.441. The van der Waals surface area contributed by atoms with Gasteiger partial charge in [-0.15, -0.1) is 0 Å². The molecule has 3 aromatic rings. The van der Waals surface area contributed by atoms with Gasteiger partial charge in [-0.1, -0.05) is 36.7 Å². The lowest BCUT2D eigenvalue weighted by Crippen LogP contribution is -2.16. The van der Waals surface area contributed by atoms with Crippen molar-refractivity contribution in [3.05, 3.63) is 69.9 Å². The second kappa shape index (κ2) is 8.40. The van der Waals surface area contributed by atoms with E-state index < -0.39 is 5.97 Å². The second-order valence-corrected chi connectivity index (χ2v) is 6.69. The number of hydrogen-bond acceptors (Lipinski definition) is 5. The number of halogens is 1. The molecule has 144 valence electrons. The Morgan fingerprint density at radius 3 is 2.57 bits per heavy atom. The number of pyridine rings is 1. The third-order valence-corrected chi connectivity index (χ3v) is 4.88. The van der Waals surface area contributed by atoms with Crippen LogP contribution in [0, 0.1) is 6.92 Å². The van der Waals surface area contributed by atoms with E-state index in [0.29, 0.717) is 33.7 Å². The summed E-state index contributed by atoms with van der Waals surface area (Å²) in [5.74, 6) is -0.412. The molecule has 0 radical (unpaired) electrons. The number of ether oxygens (including phenoxy) is 2. The van der Waals surface area contributed by atoms with Gasteiger partial charge in [0.05, 0.1) is 23.2 Å². The molecule has 1 heterocycles. The number of rotatable bonds is 6. The summed E-state index contributed by atoms with van der Waals surface area (Å²) in [6.45, 7) is 3.45. The van der Waals surface area contributed by atoms with Crippen LogP contribution in [0.2, 0.25) is 5.02 Å². The van der Waals surface area contributed by atoms with E-state index in [0.717, 1.165) is 16.8 Å². The van der Waals surface area contributed by atoms with Crippen LogP contribution < -0.4 is 4.74 Å². The van der Waals surface area contributed by atoms with Gasteiger partial charge in [0.25, 0.3) is 0 Å². The van der Waals surface area contributed by atoms with Crippen molar-refractivity contribution < 1.29 is 19.1 Å². The van der Waals surface area contributed by atoms with Gasteiger partial charge < -0.3 is 9.47 Å². The predicted octanol–water partition coefficient (Wildman–Crippen LogP) is 4.81. The summed E-state index contributed by atoms with van der Waals surface area (Å²) in [6, 6.07) is 12.1. The molecule has 5 nitrogen and oxygen atoms in total. The van der Waals surface area contributed by atoms with E-state index in [2.05, 4.69) is 4.98 Å². The van der Waals surface area contributed by atoms with Gasteiger partial charge >= 0.3 is 5.97 Å². The van der Waals surface area contributed by atoms with E-state index in [1.807, 2.05) is 38.1 Å². The average Bonchev–Trinajstić information content (AvgIpc) is 2.71. The lowest BCUT2D eigenvalue weighted by atomic mass is 10.0. The molecule has 0 atom stereocenters. The smallest absolute Gasteiger partial charge is 0.339 e. The Bertz CT molecular complexity index is 1060. The van der Waals surface area contributed by atoms with E-state index in [4.69, 9.17) is 21.1 Å². The van der Waals surface area contributed by atoms with Crippen molar-refractivity contribution in [2.75, 3.05) is 13.7 Å². The SMILES string of the molecule is CCc1nc2ccccc2c(C(=O)OCC(=O)c2ccc(OC)c(Cl)c2)c1C. The number of esters is 1. The zero-order valence-corrected chi connectivity index (χ0v) is 16.7. The molecule has 3 rings (SSSR count). The van der Waals surface area contributed by atoms with E-state index in [1.54, 1.807) is 12.1 Å². The van der Waals surface area contributed by atoms with Crippen LogP contribution in [0.15, 0.2) is 42.5 Å². The molecule has 0 unspecified atom stereocenters. The molecule has 28 heavy (non-hydrogen) atoms. The highest BCUT2D eigenvalue weighted by molar-refractivity contribution is 6.32. The zero-order valence-electron chi connectivity index (χ0n) is 15.9. The number of aryl methyl sites for hydroxylation is 1. The van der Waals surface area contributed by atoms with Crippen LogP contribution in [0.25, 0.3) is 10.9 Å². The standard InChI is InChI=1S/C22H20ClNO4/c1-4-17-13(2)21(15-7-5-6-8-18(15)24-17)22(26)28-12-19(25)14-9-10-20(27-3)16(23)11-14/h5-11H,4,12H2,1-3H3. The summed E-state index contributed by atoms with van der Waals surface area (Å²) in [6.07, 6.45) is 0.695. The largest absolute Gasteiger partial charge is 0.495 e. The van der Waals surface area contributed by atoms with Gasteiger partial charge in [-0.2, -0.15) is 0 Å². The first kappa shape index (κ1) is 19.8. The molecule has 0 aliphatic rings. The lowest BCUT2D eigenvalue weighted by molar-refractivity contribution is 0.0476. The Morgan fingerprint density at radius 2 is 1.89 bits per heavy atom. The number of nitrogens with zero attached hydrogens (tertiary/aromatic N) is 1. The van der Waals surface area contributed by atoms with E-state index >= 15 is 0 Å². The highest BCUT2D eigenvalue weighted by Crippen LogP contribution is 2.26. The summed E-state index contributed by atoms with van der Waals surface area (Å²) >= 11 is 6.06. The number of methoxy groups -OCH3 is 1. The first-order valence-corrected chi connectivity index (χ1v) is 9.26. The summed E-state index contributed by atoms with van der Waals surface area (Å²) in [5, 5.41) is 1.03. The van der Waals surface area contributed by atoms with Crippen molar-refractivity contribution in [3.63, 3.8) is 0 Å². The van der Waals surface area contributed by atoms with Gasteiger partial charge in [-0.25, -0.2) is 4.79 Å². The molecule has 0 fully saturated rings. The molecule has 0 saturated carbocycles. The Labute approximate surface area is 168 Å². The molecule has 0 aliphatic heterocycles. The van der Waals surface area contributed by atoms with E-state index in [9.17, 15) is 9.59 Å². The van der Waals surface area contributed by atoms with Gasteiger partial charge in [0.2, 0.25) is 0 Å². The molecule has 6 heteroatoms. The minimum Gasteiger partial charge on any atom is -0.495 e. The lowest BCUT2D eigenvalue weighted by Gasteiger charge is -2.13. The number of benzene rings is 2. The molecule has 2 aromatic carbocycles. The molecule has 0 spiro atoms. The second-order valence-electron chi connectivity index (χ2n) is 6.28. The molecule has 0 saturated heterocycles. The summed E-state index contributed by atoms with van der Waals surface area (Å²) in [5.41, 5.74) is 3.13. The number of fused-ring (bicyclic) bond motifs is 1. The molecule has 0 amide bonds. The van der Waals surface area contributed by atoms with Crippen LogP contribution in [0.1, 0.15) is 38.9 Å². The maximum atomic E-state index is 12.8. The number of para-hydroxylation sites is 1. The predicted molar refractivity (Wildman–Crippen MR) is 108 cm³/mol. The number of aromatic nitrogens is 1. The summed E-state index contributed by atoms with van der Waals surface area (Å²) in [4.78, 5) is 29.8. The van der Waals surface area contributed by atoms with Crippen molar-refractivity contribution in [2.45, 2.75) is 20.3 Å². The fourth-order valence-electron chi connectivity index (χ4n) is 3.09. The molecule has 0 bridgehead atoms. The zero-order chi connectivity index (χ0) is 20.3.